The molecule has 0 saturated carbocycles. The van der Waals surface area contributed by atoms with Crippen molar-refractivity contribution in [1.82, 2.24) is 4.98 Å². The molecule has 3 aromatic carbocycles. The van der Waals surface area contributed by atoms with E-state index < -0.39 is 10.8 Å². The molecule has 4 aromatic rings. The third kappa shape index (κ3) is 4.91. The van der Waals surface area contributed by atoms with Gasteiger partial charge in [0.05, 0.1) is 40.0 Å². The highest BCUT2D eigenvalue weighted by Crippen LogP contribution is 2.39. The topological polar surface area (TPSA) is 97.6 Å². The largest absolute Gasteiger partial charge is 0.378 e. The quantitative estimate of drug-likeness (QED) is 0.287. The van der Waals surface area contributed by atoms with Crippen LogP contribution >= 0.6 is 11.3 Å². The van der Waals surface area contributed by atoms with Crippen molar-refractivity contribution in [1.29, 1.82) is 0 Å². The normalized spacial score (nSPS) is 13.4. The number of nitro benzene ring substituents is 1. The molecule has 5 rings (SSSR count). The van der Waals surface area contributed by atoms with Gasteiger partial charge in [0.25, 0.3) is 11.6 Å². The van der Waals surface area contributed by atoms with Crippen molar-refractivity contribution < 1.29 is 14.5 Å². The number of rotatable bonds is 6. The number of ether oxygens (including phenoxy) is 1. The average Bonchev–Trinajstić information content (AvgIpc) is 3.33. The van der Waals surface area contributed by atoms with Crippen molar-refractivity contribution >= 4 is 33.8 Å². The van der Waals surface area contributed by atoms with Gasteiger partial charge in [0.1, 0.15) is 0 Å². The summed E-state index contributed by atoms with van der Waals surface area (Å²) in [5, 5.41) is 14.7. The first-order valence-corrected chi connectivity index (χ1v) is 12.0. The van der Waals surface area contributed by atoms with Crippen molar-refractivity contribution in [2.24, 2.45) is 0 Å². The predicted octanol–water partition coefficient (Wildman–Crippen LogP) is 5.47. The number of amides is 1. The van der Waals surface area contributed by atoms with E-state index in [2.05, 4.69) is 5.32 Å². The third-order valence-corrected chi connectivity index (χ3v) is 6.74. The highest BCUT2D eigenvalue weighted by Gasteiger charge is 2.24. The number of nitrogens with zero attached hydrogens (tertiary/aromatic N) is 3. The summed E-state index contributed by atoms with van der Waals surface area (Å²) in [6, 6.07) is 24.0. The molecular formula is C26H22N4O4S. The maximum absolute atomic E-state index is 13.4. The molecule has 2 heterocycles. The van der Waals surface area contributed by atoms with Crippen LogP contribution in [0.5, 0.6) is 0 Å². The van der Waals surface area contributed by atoms with Crippen molar-refractivity contribution in [3.63, 3.8) is 0 Å². The lowest BCUT2D eigenvalue weighted by Gasteiger charge is -2.30. The molecule has 1 aliphatic rings. The van der Waals surface area contributed by atoms with Crippen LogP contribution < -0.4 is 10.2 Å². The van der Waals surface area contributed by atoms with Crippen molar-refractivity contribution in [3.05, 3.63) is 94.5 Å². The Kier molecular flexibility index (Phi) is 6.51. The summed E-state index contributed by atoms with van der Waals surface area (Å²) < 4.78 is 5.42. The van der Waals surface area contributed by atoms with Gasteiger partial charge in [0.2, 0.25) is 0 Å². The summed E-state index contributed by atoms with van der Waals surface area (Å²) in [6.45, 7) is 2.27. The molecule has 0 radical (unpaired) electrons. The molecule has 1 N–H and O–H groups in total. The Bertz CT molecular complexity index is 1300. The van der Waals surface area contributed by atoms with Crippen LogP contribution in [0.15, 0.2) is 78.9 Å². The van der Waals surface area contributed by atoms with Crippen LogP contribution in [0, 0.1) is 10.1 Å². The molecule has 1 amide bonds. The van der Waals surface area contributed by atoms with E-state index >= 15 is 0 Å². The van der Waals surface area contributed by atoms with Crippen molar-refractivity contribution in [2.75, 3.05) is 36.5 Å². The van der Waals surface area contributed by atoms with Crippen LogP contribution in [0.2, 0.25) is 0 Å². The van der Waals surface area contributed by atoms with E-state index in [4.69, 9.17) is 9.72 Å². The number of hydrogen-bond donors (Lipinski definition) is 1. The molecule has 176 valence electrons. The Morgan fingerprint density at radius 2 is 1.63 bits per heavy atom. The Morgan fingerprint density at radius 3 is 2.29 bits per heavy atom. The maximum atomic E-state index is 13.4. The maximum Gasteiger partial charge on any atom is 0.270 e. The van der Waals surface area contributed by atoms with E-state index in [1.54, 1.807) is 6.07 Å². The van der Waals surface area contributed by atoms with Crippen LogP contribution in [0.4, 0.5) is 16.5 Å². The van der Waals surface area contributed by atoms with Crippen molar-refractivity contribution in [3.8, 4) is 21.7 Å². The Labute approximate surface area is 206 Å². The Balaban J connectivity index is 1.52. The molecule has 0 bridgehead atoms. The first-order valence-electron chi connectivity index (χ1n) is 11.1. The van der Waals surface area contributed by atoms with Gasteiger partial charge < -0.3 is 9.64 Å². The van der Waals surface area contributed by atoms with E-state index in [-0.39, 0.29) is 11.3 Å². The van der Waals surface area contributed by atoms with Crippen LogP contribution in [-0.2, 0) is 4.74 Å². The molecule has 1 saturated heterocycles. The van der Waals surface area contributed by atoms with Gasteiger partial charge in [0, 0.05) is 30.8 Å². The van der Waals surface area contributed by atoms with Gasteiger partial charge in [0.15, 0.2) is 5.13 Å². The molecule has 1 aliphatic heterocycles. The van der Waals surface area contributed by atoms with Gasteiger partial charge in [-0.05, 0) is 11.6 Å². The van der Waals surface area contributed by atoms with Crippen molar-refractivity contribution in [2.45, 2.75) is 0 Å². The van der Waals surface area contributed by atoms with Gasteiger partial charge in [-0.25, -0.2) is 4.98 Å². The number of carbonyl (C=O) groups excluding carboxylic acids is 1. The summed E-state index contributed by atoms with van der Waals surface area (Å²) in [5.41, 5.74) is 3.44. The Morgan fingerprint density at radius 1 is 0.971 bits per heavy atom. The summed E-state index contributed by atoms with van der Waals surface area (Å²) in [6.07, 6.45) is 0. The zero-order valence-electron chi connectivity index (χ0n) is 18.7. The summed E-state index contributed by atoms with van der Waals surface area (Å²) in [5.74, 6) is -0.442. The number of hydrogen-bond acceptors (Lipinski definition) is 7. The fourth-order valence-electron chi connectivity index (χ4n) is 4.01. The lowest BCUT2D eigenvalue weighted by molar-refractivity contribution is -0.384. The minimum Gasteiger partial charge on any atom is -0.378 e. The second-order valence-electron chi connectivity index (χ2n) is 7.94. The molecule has 0 spiro atoms. The molecule has 35 heavy (non-hydrogen) atoms. The first kappa shape index (κ1) is 22.7. The van der Waals surface area contributed by atoms with Gasteiger partial charge in [-0.15, -0.1) is 0 Å². The van der Waals surface area contributed by atoms with E-state index in [0.717, 1.165) is 21.7 Å². The lowest BCUT2D eigenvalue weighted by Crippen LogP contribution is -2.37. The molecule has 9 heteroatoms. The SMILES string of the molecule is O=C(Nc1nc(-c2ccccc2)c(-c2ccccc2)s1)c1cc([N+](=O)[O-])ccc1N1CCOCC1. The second-order valence-corrected chi connectivity index (χ2v) is 8.94. The van der Waals surface area contributed by atoms with Crippen LogP contribution in [0.3, 0.4) is 0 Å². The molecule has 1 fully saturated rings. The number of benzene rings is 3. The fraction of sp³-hybridized carbons (Fsp3) is 0.154. The number of nitrogens with one attached hydrogen (secondary N) is 1. The van der Waals surface area contributed by atoms with Crippen LogP contribution in [-0.4, -0.2) is 42.1 Å². The monoisotopic (exact) mass is 486 g/mol. The fourth-order valence-corrected chi connectivity index (χ4v) is 5.00. The number of thiazole rings is 1. The van der Waals surface area contributed by atoms with Gasteiger partial charge in [-0.1, -0.05) is 72.0 Å². The number of nitro groups is 1. The highest BCUT2D eigenvalue weighted by atomic mass is 32.1. The van der Waals surface area contributed by atoms with Gasteiger partial charge in [-0.2, -0.15) is 0 Å². The molecule has 8 nitrogen and oxygen atoms in total. The summed E-state index contributed by atoms with van der Waals surface area (Å²) in [4.78, 5) is 32.0. The number of aromatic nitrogens is 1. The zero-order valence-corrected chi connectivity index (χ0v) is 19.5. The zero-order chi connectivity index (χ0) is 24.2. The summed E-state index contributed by atoms with van der Waals surface area (Å²) in [7, 11) is 0. The minimum atomic E-state index is -0.496. The number of non-ortho nitro benzene ring substituents is 1. The van der Waals surface area contributed by atoms with E-state index in [9.17, 15) is 14.9 Å². The van der Waals surface area contributed by atoms with Gasteiger partial charge >= 0.3 is 0 Å². The van der Waals surface area contributed by atoms with Crippen LogP contribution in [0.1, 0.15) is 10.4 Å². The average molecular weight is 487 g/mol. The number of morpholine rings is 1. The first-order chi connectivity index (χ1) is 17.1. The third-order valence-electron chi connectivity index (χ3n) is 5.72. The van der Waals surface area contributed by atoms with Gasteiger partial charge in [-0.3, -0.25) is 20.2 Å². The highest BCUT2D eigenvalue weighted by molar-refractivity contribution is 7.19. The Hall–Kier alpha value is -4.08. The second kappa shape index (κ2) is 10.0. The van der Waals surface area contributed by atoms with E-state index in [1.807, 2.05) is 65.6 Å². The van der Waals surface area contributed by atoms with Crippen LogP contribution in [0.25, 0.3) is 21.7 Å². The minimum absolute atomic E-state index is 0.138. The molecular weight excluding hydrogens is 464 g/mol. The standard InChI is InChI=1S/C26H22N4O4S/c31-25(21-17-20(30(32)33)11-12-22(21)29-13-15-34-16-14-29)28-26-27-23(18-7-3-1-4-8-18)24(35-26)19-9-5-2-6-10-19/h1-12,17H,13-16H2,(H,27,28,31). The lowest BCUT2D eigenvalue weighted by atomic mass is 10.1. The van der Waals surface area contributed by atoms with E-state index in [1.165, 1.54) is 23.5 Å². The molecule has 0 unspecified atom stereocenters. The number of carbonyl (C=O) groups is 1. The number of anilines is 2. The summed E-state index contributed by atoms with van der Waals surface area (Å²) >= 11 is 1.37. The smallest absolute Gasteiger partial charge is 0.270 e. The molecule has 0 aliphatic carbocycles. The molecule has 1 aromatic heterocycles. The molecule has 0 atom stereocenters. The predicted molar refractivity (Wildman–Crippen MR) is 137 cm³/mol. The van der Waals surface area contributed by atoms with E-state index in [0.29, 0.717) is 37.1 Å².